The zero-order chi connectivity index (χ0) is 25.2. The van der Waals surface area contributed by atoms with E-state index in [0.29, 0.717) is 24.2 Å². The van der Waals surface area contributed by atoms with Crippen LogP contribution in [0.15, 0.2) is 47.6 Å². The summed E-state index contributed by atoms with van der Waals surface area (Å²) in [7, 11) is 0. The molecule has 0 heterocycles. The number of unbranched alkanes of at least 4 members (excludes halogenated alkanes) is 1. The summed E-state index contributed by atoms with van der Waals surface area (Å²) < 4.78 is 0. The van der Waals surface area contributed by atoms with Crippen LogP contribution in [0.2, 0.25) is 0 Å². The van der Waals surface area contributed by atoms with Gasteiger partial charge in [0.15, 0.2) is 0 Å². The van der Waals surface area contributed by atoms with Gasteiger partial charge in [-0.15, -0.1) is 0 Å². The highest BCUT2D eigenvalue weighted by Gasteiger charge is 2.54. The largest absolute Gasteiger partial charge is 0.393 e. The quantitative estimate of drug-likeness (QED) is 0.342. The Balaban J connectivity index is 1.43. The van der Waals surface area contributed by atoms with E-state index in [9.17, 15) is 15.0 Å². The third-order valence-corrected chi connectivity index (χ3v) is 10.1. The molecule has 0 aromatic rings. The van der Waals surface area contributed by atoms with Crippen molar-refractivity contribution in [2.75, 3.05) is 0 Å². The number of hydrogen-bond donors (Lipinski definition) is 2. The lowest BCUT2D eigenvalue weighted by Crippen LogP contribution is -2.35. The first-order chi connectivity index (χ1) is 16.7. The Kier molecular flexibility index (Phi) is 8.28. The van der Waals surface area contributed by atoms with E-state index in [1.54, 1.807) is 5.57 Å². The first-order valence-electron chi connectivity index (χ1n) is 14.4. The fourth-order valence-electron chi connectivity index (χ4n) is 7.60. The standard InChI is InChI=1S/C32H48O3/c1-5-6-9-29(34)32(19-20-32)30(35)17-11-23(3)27-15-16-28-24(8-7-18-31(27,28)4)12-13-25-21-26(33)14-10-22(25)2/h11-13,17,23,26-28,30,33,35H,2,5-10,14-16,18-21H2,1,3-4H3/t23-,26+,27-,28+,30-,31-/m1/s1. The van der Waals surface area contributed by atoms with Gasteiger partial charge in [-0.1, -0.05) is 69.2 Å². The molecule has 0 aliphatic heterocycles. The summed E-state index contributed by atoms with van der Waals surface area (Å²) in [5.41, 5.74) is 3.80. The molecular formula is C32H48O3. The second kappa shape index (κ2) is 10.9. The first-order valence-corrected chi connectivity index (χ1v) is 14.4. The minimum Gasteiger partial charge on any atom is -0.393 e. The van der Waals surface area contributed by atoms with Gasteiger partial charge in [-0.2, -0.15) is 0 Å². The van der Waals surface area contributed by atoms with Crippen LogP contribution in [0.3, 0.4) is 0 Å². The molecule has 3 nitrogen and oxygen atoms in total. The van der Waals surface area contributed by atoms with Crippen molar-refractivity contribution in [3.05, 3.63) is 47.6 Å². The Morgan fingerprint density at radius 3 is 2.63 bits per heavy atom. The predicted molar refractivity (Wildman–Crippen MR) is 144 cm³/mol. The lowest BCUT2D eigenvalue weighted by atomic mass is 9.61. The molecule has 3 heteroatoms. The average molecular weight is 481 g/mol. The van der Waals surface area contributed by atoms with Gasteiger partial charge in [-0.3, -0.25) is 4.79 Å². The van der Waals surface area contributed by atoms with E-state index in [4.69, 9.17) is 0 Å². The van der Waals surface area contributed by atoms with Crippen molar-refractivity contribution in [1.29, 1.82) is 0 Å². The number of ketones is 1. The molecule has 4 aliphatic rings. The molecule has 35 heavy (non-hydrogen) atoms. The predicted octanol–water partition coefficient (Wildman–Crippen LogP) is 7.25. The van der Waals surface area contributed by atoms with E-state index in [1.807, 2.05) is 6.08 Å². The minimum atomic E-state index is -0.633. The molecule has 0 aromatic heterocycles. The highest BCUT2D eigenvalue weighted by molar-refractivity contribution is 5.88. The maximum atomic E-state index is 12.7. The van der Waals surface area contributed by atoms with Gasteiger partial charge in [-0.25, -0.2) is 0 Å². The summed E-state index contributed by atoms with van der Waals surface area (Å²) in [6.45, 7) is 11.2. The Bertz CT molecular complexity index is 888. The molecule has 4 aliphatic carbocycles. The summed E-state index contributed by atoms with van der Waals surface area (Å²) in [6.07, 6.45) is 20.8. The van der Waals surface area contributed by atoms with Crippen molar-refractivity contribution in [3.63, 3.8) is 0 Å². The monoisotopic (exact) mass is 480 g/mol. The van der Waals surface area contributed by atoms with E-state index >= 15 is 0 Å². The van der Waals surface area contributed by atoms with E-state index in [-0.39, 0.29) is 17.3 Å². The van der Waals surface area contributed by atoms with Gasteiger partial charge in [0.05, 0.1) is 17.6 Å². The molecule has 0 unspecified atom stereocenters. The first kappa shape index (κ1) is 26.6. The topological polar surface area (TPSA) is 57.5 Å². The maximum absolute atomic E-state index is 12.7. The molecular weight excluding hydrogens is 432 g/mol. The van der Waals surface area contributed by atoms with Crippen LogP contribution >= 0.6 is 0 Å². The zero-order valence-corrected chi connectivity index (χ0v) is 22.4. The van der Waals surface area contributed by atoms with Crippen LogP contribution in [0.25, 0.3) is 0 Å². The third-order valence-electron chi connectivity index (χ3n) is 10.1. The number of aliphatic hydroxyl groups excluding tert-OH is 2. The van der Waals surface area contributed by atoms with E-state index < -0.39 is 11.5 Å². The fourth-order valence-corrected chi connectivity index (χ4v) is 7.60. The number of fused-ring (bicyclic) bond motifs is 1. The Hall–Kier alpha value is -1.45. The van der Waals surface area contributed by atoms with Crippen LogP contribution < -0.4 is 0 Å². The number of Topliss-reactive ketones (excluding diaryl/α,β-unsaturated/α-hetero) is 1. The van der Waals surface area contributed by atoms with E-state index in [2.05, 4.69) is 45.6 Å². The van der Waals surface area contributed by atoms with Crippen LogP contribution in [0.5, 0.6) is 0 Å². The van der Waals surface area contributed by atoms with Crippen LogP contribution in [0.1, 0.15) is 104 Å². The van der Waals surface area contributed by atoms with E-state index in [1.165, 1.54) is 43.3 Å². The molecule has 0 radical (unpaired) electrons. The van der Waals surface area contributed by atoms with Crippen molar-refractivity contribution < 1.29 is 15.0 Å². The number of allylic oxidation sites excluding steroid dienone is 5. The van der Waals surface area contributed by atoms with Crippen molar-refractivity contribution in [3.8, 4) is 0 Å². The normalized spacial score (nSPS) is 36.5. The summed E-state index contributed by atoms with van der Waals surface area (Å²) in [4.78, 5) is 12.7. The van der Waals surface area contributed by atoms with Crippen LogP contribution in [-0.2, 0) is 4.79 Å². The van der Waals surface area contributed by atoms with Gasteiger partial charge in [0.2, 0.25) is 0 Å². The summed E-state index contributed by atoms with van der Waals surface area (Å²) >= 11 is 0. The van der Waals surface area contributed by atoms with Gasteiger partial charge in [0, 0.05) is 6.42 Å². The van der Waals surface area contributed by atoms with Crippen molar-refractivity contribution in [1.82, 2.24) is 0 Å². The molecule has 4 saturated carbocycles. The smallest absolute Gasteiger partial charge is 0.141 e. The number of carbonyl (C=O) groups excluding carboxylic acids is 1. The maximum Gasteiger partial charge on any atom is 0.141 e. The van der Waals surface area contributed by atoms with Crippen molar-refractivity contribution >= 4 is 5.78 Å². The molecule has 0 amide bonds. The second-order valence-corrected chi connectivity index (χ2v) is 12.4. The second-order valence-electron chi connectivity index (χ2n) is 12.4. The zero-order valence-electron chi connectivity index (χ0n) is 22.4. The number of aliphatic hydroxyl groups is 2. The number of carbonyl (C=O) groups is 1. The lowest BCUT2D eigenvalue weighted by Gasteiger charge is -2.44. The van der Waals surface area contributed by atoms with Crippen LogP contribution in [0, 0.1) is 28.6 Å². The number of hydrogen-bond acceptors (Lipinski definition) is 3. The lowest BCUT2D eigenvalue weighted by molar-refractivity contribution is -0.127. The number of rotatable bonds is 9. The third kappa shape index (κ3) is 5.47. The summed E-state index contributed by atoms with van der Waals surface area (Å²) in [6, 6.07) is 0. The minimum absolute atomic E-state index is 0.225. The molecule has 0 aromatic carbocycles. The SMILES string of the molecule is C=C1CC[C@H](O)CC1=CC=C1CCC[C@]2(C)[C@@H]([C@H](C)C=C[C@@H](O)C3(C(=O)CCCC)CC3)CC[C@@H]12. The van der Waals surface area contributed by atoms with Gasteiger partial charge < -0.3 is 10.2 Å². The van der Waals surface area contributed by atoms with Gasteiger partial charge >= 0.3 is 0 Å². The van der Waals surface area contributed by atoms with Gasteiger partial charge in [0.1, 0.15) is 5.78 Å². The highest BCUT2D eigenvalue weighted by Crippen LogP contribution is 2.59. The summed E-state index contributed by atoms with van der Waals surface area (Å²) in [5.74, 6) is 1.88. The van der Waals surface area contributed by atoms with Crippen LogP contribution in [-0.4, -0.2) is 28.2 Å². The Morgan fingerprint density at radius 2 is 1.91 bits per heavy atom. The molecule has 6 atom stereocenters. The molecule has 0 bridgehead atoms. The van der Waals surface area contributed by atoms with Crippen molar-refractivity contribution in [2.24, 2.45) is 28.6 Å². The van der Waals surface area contributed by atoms with Crippen molar-refractivity contribution in [2.45, 2.75) is 116 Å². The Labute approximate surface area is 213 Å². The molecule has 2 N–H and O–H groups in total. The van der Waals surface area contributed by atoms with Gasteiger partial charge in [-0.05, 0) is 99.4 Å². The average Bonchev–Trinajstić information content (AvgIpc) is 3.57. The molecule has 4 rings (SSSR count). The Morgan fingerprint density at radius 1 is 1.14 bits per heavy atom. The molecule has 0 saturated heterocycles. The fraction of sp³-hybridized carbons (Fsp3) is 0.719. The molecule has 4 fully saturated rings. The molecule has 194 valence electrons. The van der Waals surface area contributed by atoms with E-state index in [0.717, 1.165) is 44.9 Å². The van der Waals surface area contributed by atoms with Crippen LogP contribution in [0.4, 0.5) is 0 Å². The highest BCUT2D eigenvalue weighted by atomic mass is 16.3. The molecule has 0 spiro atoms. The van der Waals surface area contributed by atoms with Gasteiger partial charge in [0.25, 0.3) is 0 Å². The summed E-state index contributed by atoms with van der Waals surface area (Å²) in [5, 5.41) is 21.0.